The van der Waals surface area contributed by atoms with E-state index in [0.29, 0.717) is 17.5 Å². The lowest BCUT2D eigenvalue weighted by Gasteiger charge is -2.17. The molecule has 1 aliphatic rings. The molecule has 124 valence electrons. The Labute approximate surface area is 139 Å². The van der Waals surface area contributed by atoms with E-state index in [0.717, 1.165) is 48.2 Å². The van der Waals surface area contributed by atoms with Gasteiger partial charge in [0.25, 0.3) is 0 Å². The fraction of sp³-hybridized carbons (Fsp3) is 0.333. The lowest BCUT2D eigenvalue weighted by molar-refractivity contribution is 0.631. The van der Waals surface area contributed by atoms with Gasteiger partial charge < -0.3 is 15.2 Å². The molecular formula is C18H20FN5. The van der Waals surface area contributed by atoms with E-state index in [-0.39, 0.29) is 5.82 Å². The van der Waals surface area contributed by atoms with Gasteiger partial charge >= 0.3 is 0 Å². The van der Waals surface area contributed by atoms with E-state index < -0.39 is 0 Å². The third-order valence-electron chi connectivity index (χ3n) is 4.37. The summed E-state index contributed by atoms with van der Waals surface area (Å²) >= 11 is 0. The van der Waals surface area contributed by atoms with Gasteiger partial charge in [0.15, 0.2) is 0 Å². The minimum atomic E-state index is -0.289. The van der Waals surface area contributed by atoms with Gasteiger partial charge in [0.05, 0.1) is 11.1 Å². The number of hydrogen-bond acceptors (Lipinski definition) is 4. The number of H-pyrrole nitrogens is 1. The Morgan fingerprint density at radius 3 is 2.71 bits per heavy atom. The quantitative estimate of drug-likeness (QED) is 0.762. The standard InChI is InChI=1S/C18H20FN5/c1-11-5-6-14(19)15(9-11)21-17-13-10-12(2)20-16(13)22-18(23-17)24-7-3-4-8-24/h5-6,9-10H,3-4,7-8H2,1-2H3,(H2,20,21,22,23). The number of halogens is 1. The molecule has 3 heterocycles. The summed E-state index contributed by atoms with van der Waals surface area (Å²) in [7, 11) is 0. The van der Waals surface area contributed by atoms with Crippen molar-refractivity contribution in [1.29, 1.82) is 0 Å². The molecule has 6 heteroatoms. The highest BCUT2D eigenvalue weighted by Crippen LogP contribution is 2.29. The van der Waals surface area contributed by atoms with Crippen molar-refractivity contribution in [2.75, 3.05) is 23.3 Å². The van der Waals surface area contributed by atoms with Gasteiger partial charge in [-0.1, -0.05) is 6.07 Å². The van der Waals surface area contributed by atoms with E-state index >= 15 is 0 Å². The zero-order valence-electron chi connectivity index (χ0n) is 13.9. The molecule has 2 aromatic heterocycles. The summed E-state index contributed by atoms with van der Waals surface area (Å²) in [5.74, 6) is 1.04. The van der Waals surface area contributed by atoms with E-state index in [9.17, 15) is 4.39 Å². The van der Waals surface area contributed by atoms with E-state index in [1.165, 1.54) is 6.07 Å². The molecule has 1 saturated heterocycles. The lowest BCUT2D eigenvalue weighted by atomic mass is 10.2. The van der Waals surface area contributed by atoms with Crippen LogP contribution >= 0.6 is 0 Å². The highest BCUT2D eigenvalue weighted by Gasteiger charge is 2.19. The van der Waals surface area contributed by atoms with E-state index in [1.54, 1.807) is 12.1 Å². The van der Waals surface area contributed by atoms with Crippen LogP contribution < -0.4 is 10.2 Å². The highest BCUT2D eigenvalue weighted by molar-refractivity contribution is 5.90. The first-order valence-electron chi connectivity index (χ1n) is 8.25. The molecule has 0 radical (unpaired) electrons. The van der Waals surface area contributed by atoms with E-state index in [1.807, 2.05) is 19.9 Å². The minimum Gasteiger partial charge on any atom is -0.343 e. The summed E-state index contributed by atoms with van der Waals surface area (Å²) in [5, 5.41) is 4.03. The number of anilines is 3. The first-order chi connectivity index (χ1) is 11.6. The second-order valence-electron chi connectivity index (χ2n) is 6.39. The van der Waals surface area contributed by atoms with Crippen LogP contribution in [0.2, 0.25) is 0 Å². The summed E-state index contributed by atoms with van der Waals surface area (Å²) in [4.78, 5) is 14.8. The van der Waals surface area contributed by atoms with Gasteiger partial charge in [-0.25, -0.2) is 4.39 Å². The SMILES string of the molecule is Cc1ccc(F)c(Nc2nc(N3CCCC3)nc3[nH]c(C)cc23)c1. The highest BCUT2D eigenvalue weighted by atomic mass is 19.1. The second-order valence-corrected chi connectivity index (χ2v) is 6.39. The van der Waals surface area contributed by atoms with Crippen LogP contribution in [0.1, 0.15) is 24.1 Å². The molecule has 1 fully saturated rings. The third-order valence-corrected chi connectivity index (χ3v) is 4.37. The topological polar surface area (TPSA) is 56.8 Å². The van der Waals surface area contributed by atoms with E-state index in [2.05, 4.69) is 25.2 Å². The van der Waals surface area contributed by atoms with Crippen molar-refractivity contribution >= 4 is 28.5 Å². The van der Waals surface area contributed by atoms with Gasteiger partial charge in [0.1, 0.15) is 17.3 Å². The summed E-state index contributed by atoms with van der Waals surface area (Å²) in [5.41, 5.74) is 3.21. The number of aromatic amines is 1. The molecule has 5 nitrogen and oxygen atoms in total. The molecule has 24 heavy (non-hydrogen) atoms. The first-order valence-corrected chi connectivity index (χ1v) is 8.25. The van der Waals surface area contributed by atoms with Crippen molar-refractivity contribution in [2.45, 2.75) is 26.7 Å². The molecule has 1 aromatic carbocycles. The van der Waals surface area contributed by atoms with Crippen LogP contribution in [0.5, 0.6) is 0 Å². The maximum atomic E-state index is 14.1. The number of rotatable bonds is 3. The molecule has 0 amide bonds. The Morgan fingerprint density at radius 2 is 1.92 bits per heavy atom. The van der Waals surface area contributed by atoms with Crippen molar-refractivity contribution in [1.82, 2.24) is 15.0 Å². The molecule has 2 N–H and O–H groups in total. The molecule has 0 saturated carbocycles. The molecular weight excluding hydrogens is 305 g/mol. The summed E-state index contributed by atoms with van der Waals surface area (Å²) in [6.07, 6.45) is 2.31. The Balaban J connectivity index is 1.81. The largest absolute Gasteiger partial charge is 0.343 e. The second kappa shape index (κ2) is 5.78. The predicted octanol–water partition coefficient (Wildman–Crippen LogP) is 4.06. The Morgan fingerprint density at radius 1 is 1.12 bits per heavy atom. The zero-order valence-corrected chi connectivity index (χ0v) is 13.9. The number of aromatic nitrogens is 3. The molecule has 0 aliphatic carbocycles. The van der Waals surface area contributed by atoms with Crippen molar-refractivity contribution < 1.29 is 4.39 Å². The van der Waals surface area contributed by atoms with Crippen LogP contribution in [0.4, 0.5) is 21.8 Å². The van der Waals surface area contributed by atoms with Crippen molar-refractivity contribution in [3.05, 3.63) is 41.3 Å². The Bertz CT molecular complexity index is 896. The van der Waals surface area contributed by atoms with Gasteiger partial charge in [-0.15, -0.1) is 0 Å². The van der Waals surface area contributed by atoms with E-state index in [4.69, 9.17) is 0 Å². The summed E-state index contributed by atoms with van der Waals surface area (Å²) in [6, 6.07) is 7.00. The van der Waals surface area contributed by atoms with Crippen LogP contribution in [0.15, 0.2) is 24.3 Å². The van der Waals surface area contributed by atoms with Crippen LogP contribution in [0.25, 0.3) is 11.0 Å². The molecule has 0 unspecified atom stereocenters. The molecule has 0 spiro atoms. The Kier molecular flexibility index (Phi) is 3.59. The molecule has 3 aromatic rings. The van der Waals surface area contributed by atoms with Crippen molar-refractivity contribution in [3.63, 3.8) is 0 Å². The Hall–Kier alpha value is -2.63. The van der Waals surface area contributed by atoms with Crippen molar-refractivity contribution in [3.8, 4) is 0 Å². The molecule has 0 atom stereocenters. The molecule has 0 bridgehead atoms. The summed E-state index contributed by atoms with van der Waals surface area (Å²) in [6.45, 7) is 5.84. The van der Waals surface area contributed by atoms with Gasteiger partial charge in [0.2, 0.25) is 5.95 Å². The van der Waals surface area contributed by atoms with Gasteiger partial charge in [-0.3, -0.25) is 0 Å². The van der Waals surface area contributed by atoms with Crippen LogP contribution in [0, 0.1) is 19.7 Å². The lowest BCUT2D eigenvalue weighted by Crippen LogP contribution is -2.20. The van der Waals surface area contributed by atoms with Crippen molar-refractivity contribution in [2.24, 2.45) is 0 Å². The van der Waals surface area contributed by atoms with Gasteiger partial charge in [-0.05, 0) is 50.5 Å². The average Bonchev–Trinajstić information content (AvgIpc) is 3.19. The van der Waals surface area contributed by atoms with Crippen LogP contribution in [-0.4, -0.2) is 28.0 Å². The maximum absolute atomic E-state index is 14.1. The number of aryl methyl sites for hydroxylation is 2. The van der Waals surface area contributed by atoms with Gasteiger partial charge in [0, 0.05) is 18.8 Å². The fourth-order valence-corrected chi connectivity index (χ4v) is 3.15. The molecule has 1 aliphatic heterocycles. The number of benzene rings is 1. The number of nitrogens with zero attached hydrogens (tertiary/aromatic N) is 3. The fourth-order valence-electron chi connectivity index (χ4n) is 3.15. The first kappa shape index (κ1) is 14.9. The third kappa shape index (κ3) is 2.68. The van der Waals surface area contributed by atoms with Gasteiger partial charge in [-0.2, -0.15) is 9.97 Å². The van der Waals surface area contributed by atoms with Crippen LogP contribution in [-0.2, 0) is 0 Å². The molecule has 4 rings (SSSR count). The smallest absolute Gasteiger partial charge is 0.229 e. The predicted molar refractivity (Wildman–Crippen MR) is 94.5 cm³/mol. The normalized spacial score (nSPS) is 14.5. The number of hydrogen-bond donors (Lipinski definition) is 2. The number of nitrogens with one attached hydrogen (secondary N) is 2. The summed E-state index contributed by atoms with van der Waals surface area (Å²) < 4.78 is 14.1. The average molecular weight is 325 g/mol. The maximum Gasteiger partial charge on any atom is 0.229 e. The monoisotopic (exact) mass is 325 g/mol. The number of fused-ring (bicyclic) bond motifs is 1. The van der Waals surface area contributed by atoms with Crippen LogP contribution in [0.3, 0.4) is 0 Å². The zero-order chi connectivity index (χ0) is 16.7. The minimum absolute atomic E-state index is 0.289.